The van der Waals surface area contributed by atoms with Crippen LogP contribution >= 0.6 is 12.6 Å². The number of halogens is 20. The van der Waals surface area contributed by atoms with Crippen molar-refractivity contribution in [3.05, 3.63) is 219 Å². The number of rotatable bonds is 8. The molecule has 0 aliphatic carbocycles. The van der Waals surface area contributed by atoms with Crippen LogP contribution in [0.15, 0.2) is 95.9 Å². The molecule has 0 saturated carbocycles. The minimum Gasteiger partial charge on any atom is -0.417 e. The maximum absolute atomic E-state index is 15.4. The highest BCUT2D eigenvalue weighted by atomic mass is 32.1. The van der Waals surface area contributed by atoms with Gasteiger partial charge in [0.05, 0.1) is 0 Å². The minimum absolute atomic E-state index is 0.404. The van der Waals surface area contributed by atoms with E-state index in [9.17, 15) is 57.5 Å². The van der Waals surface area contributed by atoms with Gasteiger partial charge in [-0.15, -0.1) is 34.5 Å². The number of para-hydroxylation sites is 2. The van der Waals surface area contributed by atoms with Crippen LogP contribution in [0.1, 0.15) is 16.1 Å². The van der Waals surface area contributed by atoms with Gasteiger partial charge in [-0.25, -0.2) is 92.6 Å². The molecule has 3 nitrogen and oxygen atoms in total. The summed E-state index contributed by atoms with van der Waals surface area (Å²) < 4.78 is 302. The van der Waals surface area contributed by atoms with Gasteiger partial charge < -0.3 is 4.74 Å². The molecule has 8 aromatic rings. The molecule has 0 spiro atoms. The molecule has 0 atom stereocenters. The highest BCUT2D eigenvalue weighted by Crippen LogP contribution is 2.31. The van der Waals surface area contributed by atoms with E-state index in [0.717, 1.165) is 16.5 Å². The van der Waals surface area contributed by atoms with Crippen molar-refractivity contribution in [3.8, 4) is 5.75 Å². The van der Waals surface area contributed by atoms with Crippen molar-refractivity contribution in [1.82, 2.24) is 0 Å². The number of aromatic nitrogens is 1. The second kappa shape index (κ2) is 19.9. The number of hydrogen-bond donors (Lipinski definition) is 1. The number of esters is 1. The van der Waals surface area contributed by atoms with Crippen LogP contribution in [0.3, 0.4) is 0 Å². The third-order valence-electron chi connectivity index (χ3n) is 11.1. The van der Waals surface area contributed by atoms with Gasteiger partial charge in [0.25, 0.3) is 5.69 Å². The Bertz CT molecular complexity index is 3150. The zero-order valence-electron chi connectivity index (χ0n) is 34.7. The first-order chi connectivity index (χ1) is 33.9. The predicted molar refractivity (Wildman–Crippen MR) is 218 cm³/mol. The van der Waals surface area contributed by atoms with Gasteiger partial charge in [0, 0.05) is 28.0 Å². The molecular formula is C47H18BF20NO2S. The first kappa shape index (κ1) is 52.3. The Hall–Kier alpha value is -7.57. The lowest BCUT2D eigenvalue weighted by molar-refractivity contribution is -0.664. The Balaban J connectivity index is 0.000000238. The summed E-state index contributed by atoms with van der Waals surface area (Å²) in [5, 5.41) is 1.07. The SMILES string of the molecule is Fc1c(F)c(F)c([B-](c2c(F)c(F)c(F)c(F)c2F)(c2c(F)c(F)c(F)c(F)c2F)c2c(F)c(F)c(F)c(F)c2F)c(F)c1F.O=C(Oc1ccccc1S)c1ccc2ccccc2[n+]1Cc1ccccc1. The lowest BCUT2D eigenvalue weighted by Crippen LogP contribution is -2.81. The number of fused-ring (bicyclic) bond motifs is 1. The Morgan fingerprint density at radius 3 is 1.08 bits per heavy atom. The number of nitrogens with zero attached hydrogens (tertiary/aromatic N) is 1. The van der Waals surface area contributed by atoms with E-state index in [1.54, 1.807) is 12.1 Å². The van der Waals surface area contributed by atoms with Crippen LogP contribution < -0.4 is 31.2 Å². The van der Waals surface area contributed by atoms with Gasteiger partial charge >= 0.3 is 5.97 Å². The molecular weight excluding hydrogens is 1030 g/mol. The van der Waals surface area contributed by atoms with E-state index in [0.29, 0.717) is 22.9 Å². The van der Waals surface area contributed by atoms with E-state index < -0.39 is 150 Å². The van der Waals surface area contributed by atoms with Crippen molar-refractivity contribution in [2.24, 2.45) is 0 Å². The monoisotopic (exact) mass is 1050 g/mol. The van der Waals surface area contributed by atoms with Gasteiger partial charge in [-0.1, -0.05) is 54.6 Å². The van der Waals surface area contributed by atoms with Crippen LogP contribution in [0, 0.1) is 116 Å². The third kappa shape index (κ3) is 8.41. The Kier molecular flexibility index (Phi) is 14.5. The number of thiol groups is 1. The summed E-state index contributed by atoms with van der Waals surface area (Å²) in [5.41, 5.74) is -11.7. The Morgan fingerprint density at radius 2 is 0.708 bits per heavy atom. The lowest BCUT2D eigenvalue weighted by atomic mass is 9.12. The molecule has 0 N–H and O–H groups in total. The molecule has 0 bridgehead atoms. The standard InChI is InChI=1S/C24BF20.C23H17NO2S/c26-5-1(6(27)14(35)21(42)13(5)34)25(2-7(28)15(36)22(43)16(37)8(2)29,3-9(30)17(38)23(44)18(39)10(3)31)4-11(32)19(40)24(45)20(41)12(4)33;25-23(26-21-12-6-7-13-22(21)27)20-15-14-18-10-4-5-11-19(18)24(20)16-17-8-2-1-3-9-17/h;1-15H,16H2/q-1;/p+1. The van der Waals surface area contributed by atoms with Crippen LogP contribution in [-0.4, -0.2) is 12.1 Å². The molecule has 1 heterocycles. The van der Waals surface area contributed by atoms with E-state index in [1.807, 2.05) is 83.4 Å². The van der Waals surface area contributed by atoms with Crippen LogP contribution in [0.2, 0.25) is 0 Å². The van der Waals surface area contributed by atoms with E-state index >= 15 is 35.1 Å². The number of benzene rings is 7. The summed E-state index contributed by atoms with van der Waals surface area (Å²) in [5.74, 6) is -71.4. The zero-order valence-corrected chi connectivity index (χ0v) is 35.6. The molecule has 0 aliphatic heterocycles. The van der Waals surface area contributed by atoms with Crippen molar-refractivity contribution in [2.45, 2.75) is 11.4 Å². The summed E-state index contributed by atoms with van der Waals surface area (Å²) in [6.45, 7) is 0.579. The van der Waals surface area contributed by atoms with Gasteiger partial charge in [0.2, 0.25) is 5.52 Å². The average molecular weight is 1050 g/mol. The molecule has 72 heavy (non-hydrogen) atoms. The summed E-state index contributed by atoms with van der Waals surface area (Å²) in [4.78, 5) is 13.6. The van der Waals surface area contributed by atoms with Gasteiger partial charge in [-0.05, 0) is 24.3 Å². The third-order valence-corrected chi connectivity index (χ3v) is 11.5. The van der Waals surface area contributed by atoms with Crippen molar-refractivity contribution >= 4 is 57.5 Å². The maximum atomic E-state index is 15.4. The van der Waals surface area contributed by atoms with Gasteiger partial charge in [-0.2, -0.15) is 4.57 Å². The first-order valence-corrected chi connectivity index (χ1v) is 20.1. The highest BCUT2D eigenvalue weighted by Gasteiger charge is 2.52. The zero-order chi connectivity index (χ0) is 53.0. The van der Waals surface area contributed by atoms with E-state index in [1.165, 1.54) is 0 Å². The smallest absolute Gasteiger partial charge is 0.409 e. The van der Waals surface area contributed by atoms with Gasteiger partial charge in [0.15, 0.2) is 76.4 Å². The second-order valence-electron chi connectivity index (χ2n) is 15.0. The lowest BCUT2D eigenvalue weighted by Gasteiger charge is -2.44. The fourth-order valence-corrected chi connectivity index (χ4v) is 8.15. The Morgan fingerprint density at radius 1 is 0.389 bits per heavy atom. The number of pyridine rings is 1. The van der Waals surface area contributed by atoms with E-state index in [-0.39, 0.29) is 0 Å². The predicted octanol–water partition coefficient (Wildman–Crippen LogP) is 10.5. The van der Waals surface area contributed by atoms with Crippen molar-refractivity contribution in [1.29, 1.82) is 0 Å². The molecule has 1 aromatic heterocycles. The summed E-state index contributed by atoms with van der Waals surface area (Å²) in [7, 11) is 0. The Labute approximate surface area is 394 Å². The summed E-state index contributed by atoms with van der Waals surface area (Å²) >= 11 is 4.37. The quantitative estimate of drug-likeness (QED) is 0.0240. The molecule has 0 saturated heterocycles. The summed E-state index contributed by atoms with van der Waals surface area (Å²) in [6.07, 6.45) is -7.22. The van der Waals surface area contributed by atoms with Gasteiger partial charge in [0.1, 0.15) is 58.4 Å². The van der Waals surface area contributed by atoms with Crippen LogP contribution in [-0.2, 0) is 6.54 Å². The molecule has 0 unspecified atom stereocenters. The fraction of sp³-hybridized carbons (Fsp3) is 0.0213. The highest BCUT2D eigenvalue weighted by molar-refractivity contribution is 7.80. The fourth-order valence-electron chi connectivity index (χ4n) is 7.95. The minimum atomic E-state index is -7.22. The number of carbonyl (C=O) groups is 1. The summed E-state index contributed by atoms with van der Waals surface area (Å²) in [6, 6.07) is 29.1. The van der Waals surface area contributed by atoms with Crippen molar-refractivity contribution in [2.75, 3.05) is 0 Å². The van der Waals surface area contributed by atoms with Crippen LogP contribution in [0.4, 0.5) is 87.8 Å². The topological polar surface area (TPSA) is 30.2 Å². The number of ether oxygens (including phenoxy) is 1. The van der Waals surface area contributed by atoms with E-state index in [4.69, 9.17) is 4.74 Å². The molecule has 7 aromatic carbocycles. The molecule has 0 radical (unpaired) electrons. The van der Waals surface area contributed by atoms with Crippen molar-refractivity contribution in [3.63, 3.8) is 0 Å². The number of hydrogen-bond acceptors (Lipinski definition) is 3. The normalized spacial score (nSPS) is 11.5. The molecule has 0 amide bonds. The first-order valence-electron chi connectivity index (χ1n) is 19.6. The van der Waals surface area contributed by atoms with E-state index in [2.05, 4.69) is 12.6 Å². The second-order valence-corrected chi connectivity index (χ2v) is 15.5. The molecule has 0 fully saturated rings. The molecule has 372 valence electrons. The van der Waals surface area contributed by atoms with Crippen LogP contribution in [0.25, 0.3) is 10.9 Å². The largest absolute Gasteiger partial charge is 0.417 e. The number of carbonyl (C=O) groups excluding carboxylic acids is 1. The molecule has 0 aliphatic rings. The molecule has 8 rings (SSSR count). The average Bonchev–Trinajstić information content (AvgIpc) is 3.37. The van der Waals surface area contributed by atoms with Crippen LogP contribution in [0.5, 0.6) is 5.75 Å². The maximum Gasteiger partial charge on any atom is 0.409 e. The van der Waals surface area contributed by atoms with Crippen molar-refractivity contribution < 1.29 is 102 Å². The van der Waals surface area contributed by atoms with Gasteiger partial charge in [-0.3, -0.25) is 0 Å². The molecule has 25 heteroatoms.